The lowest BCUT2D eigenvalue weighted by molar-refractivity contribution is -0.132. The zero-order chi connectivity index (χ0) is 19.1. The molecule has 1 atom stereocenters. The Morgan fingerprint density at radius 1 is 1.15 bits per heavy atom. The van der Waals surface area contributed by atoms with Crippen molar-refractivity contribution in [3.05, 3.63) is 40.4 Å². The Hall–Kier alpha value is -2.17. The molecule has 142 valence electrons. The average molecular weight is 357 g/mol. The molecule has 1 aromatic heterocycles. The highest BCUT2D eigenvalue weighted by Gasteiger charge is 2.25. The maximum Gasteiger partial charge on any atom is 0.261 e. The predicted octanol–water partition coefficient (Wildman–Crippen LogP) is 4.30. The van der Waals surface area contributed by atoms with Gasteiger partial charge in [-0.25, -0.2) is 4.98 Å². The highest BCUT2D eigenvalue weighted by atomic mass is 16.2. The molecular formula is C21H31N3O2. The van der Waals surface area contributed by atoms with E-state index < -0.39 is 0 Å². The molecule has 5 nitrogen and oxygen atoms in total. The number of hydrogen-bond acceptors (Lipinski definition) is 3. The fourth-order valence-corrected chi connectivity index (χ4v) is 3.43. The summed E-state index contributed by atoms with van der Waals surface area (Å²) in [5.74, 6) is 0.807. The quantitative estimate of drug-likeness (QED) is 0.629. The highest BCUT2D eigenvalue weighted by Crippen LogP contribution is 2.23. The lowest BCUT2D eigenvalue weighted by atomic mass is 10.1. The average Bonchev–Trinajstić information content (AvgIpc) is 2.66. The molecule has 1 aromatic carbocycles. The number of rotatable bonds is 9. The molecule has 26 heavy (non-hydrogen) atoms. The van der Waals surface area contributed by atoms with E-state index >= 15 is 0 Å². The van der Waals surface area contributed by atoms with Crippen LogP contribution in [0.4, 0.5) is 0 Å². The van der Waals surface area contributed by atoms with Gasteiger partial charge in [-0.3, -0.25) is 14.2 Å². The van der Waals surface area contributed by atoms with Crippen molar-refractivity contribution in [2.45, 2.75) is 71.9 Å². The van der Waals surface area contributed by atoms with Crippen LogP contribution in [-0.4, -0.2) is 27.4 Å². The number of unbranched alkanes of at least 4 members (excludes halogenated alkanes) is 3. The Bertz CT molecular complexity index is 797. The first-order chi connectivity index (χ1) is 12.5. The van der Waals surface area contributed by atoms with E-state index in [9.17, 15) is 9.59 Å². The fraction of sp³-hybridized carbons (Fsp3) is 0.571. The smallest absolute Gasteiger partial charge is 0.261 e. The van der Waals surface area contributed by atoms with Gasteiger partial charge in [0.05, 0.1) is 16.9 Å². The van der Waals surface area contributed by atoms with Gasteiger partial charge in [0, 0.05) is 20.0 Å². The van der Waals surface area contributed by atoms with Crippen LogP contribution in [0.25, 0.3) is 10.9 Å². The van der Waals surface area contributed by atoms with Crippen molar-refractivity contribution in [2.24, 2.45) is 0 Å². The minimum absolute atomic E-state index is 0.0321. The highest BCUT2D eigenvalue weighted by molar-refractivity contribution is 5.78. The second-order valence-electron chi connectivity index (χ2n) is 6.78. The van der Waals surface area contributed by atoms with Crippen LogP contribution in [0, 0.1) is 0 Å². The van der Waals surface area contributed by atoms with Gasteiger partial charge in [-0.05, 0) is 31.9 Å². The predicted molar refractivity (Wildman–Crippen MR) is 106 cm³/mol. The number of benzene rings is 1. The number of nitrogens with zero attached hydrogens (tertiary/aromatic N) is 3. The van der Waals surface area contributed by atoms with Crippen LogP contribution in [0.15, 0.2) is 29.1 Å². The molecule has 0 aliphatic carbocycles. The maximum atomic E-state index is 12.9. The van der Waals surface area contributed by atoms with E-state index in [-0.39, 0.29) is 17.5 Å². The van der Waals surface area contributed by atoms with Crippen molar-refractivity contribution in [1.29, 1.82) is 0 Å². The topological polar surface area (TPSA) is 55.2 Å². The molecule has 0 saturated carbocycles. The molecule has 0 spiro atoms. The molecule has 0 aliphatic rings. The maximum absolute atomic E-state index is 12.9. The van der Waals surface area contributed by atoms with Crippen molar-refractivity contribution in [2.75, 3.05) is 7.05 Å². The third kappa shape index (κ3) is 4.32. The molecule has 2 rings (SSSR count). The summed E-state index contributed by atoms with van der Waals surface area (Å²) >= 11 is 0. The first-order valence-corrected chi connectivity index (χ1v) is 9.80. The molecule has 1 amide bonds. The summed E-state index contributed by atoms with van der Waals surface area (Å²) in [6.45, 7) is 6.69. The molecular weight excluding hydrogens is 326 g/mol. The number of para-hydroxylation sites is 1. The molecule has 0 saturated heterocycles. The molecule has 1 heterocycles. The number of aromatic nitrogens is 2. The summed E-state index contributed by atoms with van der Waals surface area (Å²) in [6.07, 6.45) is 5.60. The summed E-state index contributed by atoms with van der Waals surface area (Å²) in [7, 11) is 1.83. The van der Waals surface area contributed by atoms with E-state index in [1.807, 2.05) is 45.2 Å². The number of amides is 1. The van der Waals surface area contributed by atoms with Crippen molar-refractivity contribution in [1.82, 2.24) is 14.5 Å². The molecule has 0 N–H and O–H groups in total. The summed E-state index contributed by atoms with van der Waals surface area (Å²) in [4.78, 5) is 32.0. The summed E-state index contributed by atoms with van der Waals surface area (Å²) in [5, 5.41) is 0.626. The Balaban J connectivity index is 2.34. The van der Waals surface area contributed by atoms with Crippen molar-refractivity contribution < 1.29 is 4.79 Å². The Morgan fingerprint density at radius 2 is 1.88 bits per heavy atom. The molecule has 0 radical (unpaired) electrons. The van der Waals surface area contributed by atoms with E-state index in [0.29, 0.717) is 29.7 Å². The minimum Gasteiger partial charge on any atom is -0.336 e. The zero-order valence-corrected chi connectivity index (χ0v) is 16.5. The molecule has 1 unspecified atom stereocenters. The second-order valence-corrected chi connectivity index (χ2v) is 6.78. The van der Waals surface area contributed by atoms with Crippen LogP contribution in [0.5, 0.6) is 0 Å². The third-order valence-corrected chi connectivity index (χ3v) is 5.00. The van der Waals surface area contributed by atoms with E-state index in [4.69, 9.17) is 4.98 Å². The first kappa shape index (κ1) is 20.1. The van der Waals surface area contributed by atoms with E-state index in [1.165, 1.54) is 0 Å². The first-order valence-electron chi connectivity index (χ1n) is 9.80. The van der Waals surface area contributed by atoms with Crippen LogP contribution >= 0.6 is 0 Å². The van der Waals surface area contributed by atoms with Crippen LogP contribution < -0.4 is 5.56 Å². The molecule has 0 bridgehead atoms. The van der Waals surface area contributed by atoms with Gasteiger partial charge in [0.25, 0.3) is 5.56 Å². The molecule has 2 aromatic rings. The van der Waals surface area contributed by atoms with E-state index in [0.717, 1.165) is 32.1 Å². The summed E-state index contributed by atoms with van der Waals surface area (Å²) in [5.41, 5.74) is 0.662. The monoisotopic (exact) mass is 357 g/mol. The van der Waals surface area contributed by atoms with Crippen LogP contribution in [0.2, 0.25) is 0 Å². The van der Waals surface area contributed by atoms with Gasteiger partial charge in [0.1, 0.15) is 5.82 Å². The SMILES string of the molecule is CCCCCCC(=O)N(C)C(CC)c1nc2ccccc2c(=O)n1CC. The number of fused-ring (bicyclic) bond motifs is 1. The third-order valence-electron chi connectivity index (χ3n) is 5.00. The van der Waals surface area contributed by atoms with Gasteiger partial charge in [-0.1, -0.05) is 45.2 Å². The lowest BCUT2D eigenvalue weighted by Crippen LogP contribution is -2.36. The van der Waals surface area contributed by atoms with Crippen LogP contribution in [0.3, 0.4) is 0 Å². The minimum atomic E-state index is -0.189. The van der Waals surface area contributed by atoms with Crippen molar-refractivity contribution in [3.8, 4) is 0 Å². The van der Waals surface area contributed by atoms with Gasteiger partial charge in [-0.2, -0.15) is 0 Å². The number of hydrogen-bond donors (Lipinski definition) is 0. The molecule has 0 fully saturated rings. The Morgan fingerprint density at radius 3 is 2.54 bits per heavy atom. The van der Waals surface area contributed by atoms with E-state index in [1.54, 1.807) is 9.47 Å². The normalized spacial score (nSPS) is 12.3. The standard InChI is InChI=1S/C21H31N3O2/c1-5-8-9-10-15-19(25)23(4)18(6-2)20-22-17-14-12-11-13-16(17)21(26)24(20)7-3/h11-14,18H,5-10,15H2,1-4H3. The fourth-order valence-electron chi connectivity index (χ4n) is 3.43. The van der Waals surface area contributed by atoms with Crippen molar-refractivity contribution in [3.63, 3.8) is 0 Å². The van der Waals surface area contributed by atoms with Gasteiger partial charge >= 0.3 is 0 Å². The van der Waals surface area contributed by atoms with Gasteiger partial charge in [0.2, 0.25) is 5.91 Å². The van der Waals surface area contributed by atoms with Gasteiger partial charge in [0.15, 0.2) is 0 Å². The number of carbonyl (C=O) groups is 1. The largest absolute Gasteiger partial charge is 0.336 e. The Labute approximate surface area is 156 Å². The van der Waals surface area contributed by atoms with Gasteiger partial charge < -0.3 is 4.90 Å². The summed E-state index contributed by atoms with van der Waals surface area (Å²) < 4.78 is 1.71. The Kier molecular flexibility index (Phi) is 7.37. The lowest BCUT2D eigenvalue weighted by Gasteiger charge is -2.29. The van der Waals surface area contributed by atoms with Crippen molar-refractivity contribution >= 4 is 16.8 Å². The van der Waals surface area contributed by atoms with Crippen LogP contribution in [0.1, 0.15) is 71.2 Å². The van der Waals surface area contributed by atoms with Crippen LogP contribution in [-0.2, 0) is 11.3 Å². The second kappa shape index (κ2) is 9.51. The summed E-state index contributed by atoms with van der Waals surface area (Å²) in [6, 6.07) is 7.22. The van der Waals surface area contributed by atoms with Gasteiger partial charge in [-0.15, -0.1) is 0 Å². The molecule has 5 heteroatoms. The zero-order valence-electron chi connectivity index (χ0n) is 16.5. The number of carbonyl (C=O) groups excluding carboxylic acids is 1. The van der Waals surface area contributed by atoms with E-state index in [2.05, 4.69) is 6.92 Å². The molecule has 0 aliphatic heterocycles.